The summed E-state index contributed by atoms with van der Waals surface area (Å²) >= 11 is 0. The fraction of sp³-hybridized carbons (Fsp3) is 0.571. The molecule has 2 heteroatoms. The molecule has 1 N–H and O–H groups in total. The summed E-state index contributed by atoms with van der Waals surface area (Å²) in [5.74, 6) is 0.279. The van der Waals surface area contributed by atoms with Crippen molar-refractivity contribution in [3.05, 3.63) is 12.3 Å². The zero-order valence-corrected chi connectivity index (χ0v) is 5.98. The van der Waals surface area contributed by atoms with Crippen LogP contribution in [0.4, 0.5) is 0 Å². The Hall–Kier alpha value is -0.790. The van der Waals surface area contributed by atoms with Crippen LogP contribution >= 0.6 is 0 Å². The number of carbonyl (C=O) groups is 1. The van der Waals surface area contributed by atoms with E-state index in [9.17, 15) is 4.79 Å². The number of ketones is 1. The van der Waals surface area contributed by atoms with Crippen molar-refractivity contribution in [1.82, 2.24) is 5.32 Å². The quantitative estimate of drug-likeness (QED) is 0.612. The normalized spacial score (nSPS) is 10.0. The van der Waals surface area contributed by atoms with Gasteiger partial charge in [0, 0.05) is 19.9 Å². The second kappa shape index (κ2) is 5.35. The van der Waals surface area contributed by atoms with Crippen LogP contribution in [0, 0.1) is 0 Å². The van der Waals surface area contributed by atoms with Crippen LogP contribution in [-0.2, 0) is 4.79 Å². The molecule has 0 aliphatic carbocycles. The highest BCUT2D eigenvalue weighted by molar-refractivity contribution is 5.79. The zero-order valence-electron chi connectivity index (χ0n) is 5.98. The maximum absolute atomic E-state index is 10.6. The second-order valence-electron chi connectivity index (χ2n) is 1.79. The summed E-state index contributed by atoms with van der Waals surface area (Å²) in [5, 5.41) is 2.81. The molecule has 9 heavy (non-hydrogen) atoms. The molecule has 0 unspecified atom stereocenters. The van der Waals surface area contributed by atoms with E-state index in [4.69, 9.17) is 0 Å². The van der Waals surface area contributed by atoms with Crippen molar-refractivity contribution >= 4 is 5.78 Å². The van der Waals surface area contributed by atoms with Crippen molar-refractivity contribution in [2.75, 3.05) is 7.05 Å². The first-order valence-corrected chi connectivity index (χ1v) is 3.15. The summed E-state index contributed by atoms with van der Waals surface area (Å²) in [4.78, 5) is 10.6. The van der Waals surface area contributed by atoms with Gasteiger partial charge in [-0.3, -0.25) is 4.79 Å². The van der Waals surface area contributed by atoms with Crippen LogP contribution in [0.2, 0.25) is 0 Å². The Morgan fingerprint density at radius 3 is 2.78 bits per heavy atom. The van der Waals surface area contributed by atoms with Crippen LogP contribution in [0.1, 0.15) is 19.8 Å². The van der Waals surface area contributed by atoms with E-state index in [0.717, 1.165) is 0 Å². The Balaban J connectivity index is 3.26. The highest BCUT2D eigenvalue weighted by Crippen LogP contribution is 1.88. The Morgan fingerprint density at radius 1 is 1.67 bits per heavy atom. The maximum Gasteiger partial charge on any atom is 0.136 e. The van der Waals surface area contributed by atoms with E-state index in [2.05, 4.69) is 5.32 Å². The van der Waals surface area contributed by atoms with Crippen molar-refractivity contribution in [3.63, 3.8) is 0 Å². The summed E-state index contributed by atoms with van der Waals surface area (Å²) in [7, 11) is 1.81. The molecule has 0 radical (unpaired) electrons. The highest BCUT2D eigenvalue weighted by Gasteiger charge is 1.90. The summed E-state index contributed by atoms with van der Waals surface area (Å²) in [5.41, 5.74) is 0. The van der Waals surface area contributed by atoms with Gasteiger partial charge in [0.2, 0.25) is 0 Å². The minimum atomic E-state index is 0.279. The van der Waals surface area contributed by atoms with Crippen molar-refractivity contribution in [3.8, 4) is 0 Å². The number of hydrogen-bond acceptors (Lipinski definition) is 2. The Bertz CT molecular complexity index is 107. The van der Waals surface area contributed by atoms with Gasteiger partial charge in [-0.25, -0.2) is 0 Å². The number of hydrogen-bond donors (Lipinski definition) is 1. The first-order valence-electron chi connectivity index (χ1n) is 3.15. The van der Waals surface area contributed by atoms with Crippen LogP contribution in [0.25, 0.3) is 0 Å². The average molecular weight is 127 g/mol. The molecule has 0 aromatic heterocycles. The van der Waals surface area contributed by atoms with Gasteiger partial charge in [-0.2, -0.15) is 0 Å². The fourth-order valence-corrected chi connectivity index (χ4v) is 0.453. The van der Waals surface area contributed by atoms with Crippen LogP contribution < -0.4 is 5.32 Å². The predicted molar refractivity (Wildman–Crippen MR) is 38.1 cm³/mol. The molecule has 0 rings (SSSR count). The largest absolute Gasteiger partial charge is 0.394 e. The third-order valence-corrected chi connectivity index (χ3v) is 1.02. The molecule has 0 fully saturated rings. The van der Waals surface area contributed by atoms with Gasteiger partial charge in [-0.1, -0.05) is 13.0 Å². The first kappa shape index (κ1) is 8.21. The van der Waals surface area contributed by atoms with Gasteiger partial charge in [-0.05, 0) is 6.20 Å². The van der Waals surface area contributed by atoms with E-state index < -0.39 is 0 Å². The molecule has 0 spiro atoms. The molecule has 0 bridgehead atoms. The van der Waals surface area contributed by atoms with Crippen molar-refractivity contribution in [2.24, 2.45) is 0 Å². The molecule has 0 aromatic carbocycles. The van der Waals surface area contributed by atoms with Crippen molar-refractivity contribution < 1.29 is 4.79 Å². The zero-order chi connectivity index (χ0) is 7.11. The predicted octanol–water partition coefficient (Wildman–Crippen LogP) is 1.09. The van der Waals surface area contributed by atoms with E-state index in [1.807, 2.05) is 20.0 Å². The number of rotatable bonds is 4. The molecule has 0 aliphatic heterocycles. The SMILES string of the molecule is CCC(=O)C/C=C/NC. The third-order valence-electron chi connectivity index (χ3n) is 1.02. The van der Waals surface area contributed by atoms with Gasteiger partial charge in [0.25, 0.3) is 0 Å². The summed E-state index contributed by atoms with van der Waals surface area (Å²) in [6, 6.07) is 0. The third kappa shape index (κ3) is 5.07. The molecule has 0 amide bonds. The van der Waals surface area contributed by atoms with Crippen molar-refractivity contribution in [2.45, 2.75) is 19.8 Å². The fourth-order valence-electron chi connectivity index (χ4n) is 0.453. The maximum atomic E-state index is 10.6. The molecule has 0 aliphatic rings. The molecule has 0 aromatic rings. The molecule has 0 saturated heterocycles. The number of Topliss-reactive ketones (excluding diaryl/α,β-unsaturated/α-hetero) is 1. The summed E-state index contributed by atoms with van der Waals surface area (Å²) < 4.78 is 0. The van der Waals surface area contributed by atoms with Gasteiger partial charge in [0.15, 0.2) is 0 Å². The van der Waals surface area contributed by atoms with Crippen LogP contribution in [0.5, 0.6) is 0 Å². The molecular weight excluding hydrogens is 114 g/mol. The monoisotopic (exact) mass is 127 g/mol. The van der Waals surface area contributed by atoms with Gasteiger partial charge >= 0.3 is 0 Å². The number of nitrogens with one attached hydrogen (secondary N) is 1. The minimum absolute atomic E-state index is 0.279. The smallest absolute Gasteiger partial charge is 0.136 e. The van der Waals surface area contributed by atoms with E-state index in [0.29, 0.717) is 12.8 Å². The molecule has 0 heterocycles. The lowest BCUT2D eigenvalue weighted by atomic mass is 10.2. The van der Waals surface area contributed by atoms with Crippen molar-refractivity contribution in [1.29, 1.82) is 0 Å². The van der Waals surface area contributed by atoms with Gasteiger partial charge in [0.05, 0.1) is 0 Å². The van der Waals surface area contributed by atoms with Gasteiger partial charge in [-0.15, -0.1) is 0 Å². The Kier molecular flexibility index (Phi) is 4.88. The average Bonchev–Trinajstić information content (AvgIpc) is 1.89. The molecule has 2 nitrogen and oxygen atoms in total. The highest BCUT2D eigenvalue weighted by atomic mass is 16.1. The first-order chi connectivity index (χ1) is 4.31. The lowest BCUT2D eigenvalue weighted by molar-refractivity contribution is -0.117. The Labute approximate surface area is 56.0 Å². The lowest BCUT2D eigenvalue weighted by Crippen LogP contribution is -1.95. The molecule has 0 saturated carbocycles. The topological polar surface area (TPSA) is 29.1 Å². The molecular formula is C7H13NO. The van der Waals surface area contributed by atoms with E-state index >= 15 is 0 Å². The van der Waals surface area contributed by atoms with Gasteiger partial charge < -0.3 is 5.32 Å². The van der Waals surface area contributed by atoms with E-state index in [-0.39, 0.29) is 5.78 Å². The van der Waals surface area contributed by atoms with Gasteiger partial charge in [0.1, 0.15) is 5.78 Å². The van der Waals surface area contributed by atoms with E-state index in [1.165, 1.54) is 0 Å². The standard InChI is InChI=1S/C7H13NO/c1-3-7(9)5-4-6-8-2/h4,6,8H,3,5H2,1-2H3/b6-4+. The van der Waals surface area contributed by atoms with Crippen LogP contribution in [0.3, 0.4) is 0 Å². The lowest BCUT2D eigenvalue weighted by Gasteiger charge is -1.87. The Morgan fingerprint density at radius 2 is 2.33 bits per heavy atom. The van der Waals surface area contributed by atoms with Crippen LogP contribution in [0.15, 0.2) is 12.3 Å². The second-order valence-corrected chi connectivity index (χ2v) is 1.79. The van der Waals surface area contributed by atoms with Crippen LogP contribution in [-0.4, -0.2) is 12.8 Å². The molecule has 0 atom stereocenters. The molecule has 52 valence electrons. The summed E-state index contributed by atoms with van der Waals surface area (Å²) in [6.07, 6.45) is 4.78. The summed E-state index contributed by atoms with van der Waals surface area (Å²) in [6.45, 7) is 1.87. The number of carbonyl (C=O) groups excluding carboxylic acids is 1. The van der Waals surface area contributed by atoms with E-state index in [1.54, 1.807) is 6.20 Å². The minimum Gasteiger partial charge on any atom is -0.394 e. The number of allylic oxidation sites excluding steroid dienone is 1.